The quantitative estimate of drug-likeness (QED) is 0.871. The standard InChI is InChI=1S/C20H25NO2/c1-5-19(16-8-10-18(23-4)11-9-16)21-20(22)13-17-12-14(2)6-7-15(17)3/h6-12,19H,5,13H2,1-4H3,(H,21,22)/t19-/m0/s1. The number of amides is 1. The van der Waals surface area contributed by atoms with E-state index in [4.69, 9.17) is 4.74 Å². The van der Waals surface area contributed by atoms with Gasteiger partial charge in [0.1, 0.15) is 5.75 Å². The Bertz CT molecular complexity index is 662. The smallest absolute Gasteiger partial charge is 0.224 e. The minimum absolute atomic E-state index is 0.0264. The van der Waals surface area contributed by atoms with Crippen molar-refractivity contribution in [2.45, 2.75) is 39.7 Å². The molecule has 0 aliphatic rings. The van der Waals surface area contributed by atoms with Crippen LogP contribution in [0.1, 0.15) is 41.6 Å². The fourth-order valence-electron chi connectivity index (χ4n) is 2.67. The van der Waals surface area contributed by atoms with Crippen LogP contribution in [0.25, 0.3) is 0 Å². The van der Waals surface area contributed by atoms with Gasteiger partial charge in [-0.25, -0.2) is 0 Å². The second-order valence-corrected chi connectivity index (χ2v) is 5.91. The third kappa shape index (κ3) is 4.59. The SMILES string of the molecule is CC[C@H](NC(=O)Cc1cc(C)ccc1C)c1ccc(OC)cc1. The number of nitrogens with one attached hydrogen (secondary N) is 1. The number of aryl methyl sites for hydroxylation is 2. The lowest BCUT2D eigenvalue weighted by Crippen LogP contribution is -2.29. The molecule has 1 atom stereocenters. The normalized spacial score (nSPS) is 11.8. The molecule has 0 radical (unpaired) electrons. The Morgan fingerprint density at radius 2 is 1.83 bits per heavy atom. The van der Waals surface area contributed by atoms with Crippen molar-refractivity contribution in [3.8, 4) is 5.75 Å². The van der Waals surface area contributed by atoms with E-state index in [9.17, 15) is 4.79 Å². The first-order chi connectivity index (χ1) is 11.0. The fourth-order valence-corrected chi connectivity index (χ4v) is 2.67. The van der Waals surface area contributed by atoms with Gasteiger partial charge in [-0.3, -0.25) is 4.79 Å². The molecule has 0 aliphatic carbocycles. The summed E-state index contributed by atoms with van der Waals surface area (Å²) in [6.07, 6.45) is 1.27. The van der Waals surface area contributed by atoms with Crippen molar-refractivity contribution in [1.82, 2.24) is 5.32 Å². The molecule has 0 bridgehead atoms. The molecule has 2 rings (SSSR count). The predicted octanol–water partition coefficient (Wildman–Crippen LogP) is 4.12. The van der Waals surface area contributed by atoms with Crippen molar-refractivity contribution in [2.24, 2.45) is 0 Å². The van der Waals surface area contributed by atoms with E-state index in [-0.39, 0.29) is 11.9 Å². The molecular weight excluding hydrogens is 286 g/mol. The maximum Gasteiger partial charge on any atom is 0.224 e. The Labute approximate surface area is 138 Å². The van der Waals surface area contributed by atoms with Crippen LogP contribution in [0.4, 0.5) is 0 Å². The van der Waals surface area contributed by atoms with E-state index in [2.05, 4.69) is 30.4 Å². The molecule has 0 fully saturated rings. The van der Waals surface area contributed by atoms with E-state index >= 15 is 0 Å². The van der Waals surface area contributed by atoms with Gasteiger partial charge in [0.05, 0.1) is 19.6 Å². The van der Waals surface area contributed by atoms with Crippen LogP contribution in [0.2, 0.25) is 0 Å². The van der Waals surface area contributed by atoms with Crippen LogP contribution < -0.4 is 10.1 Å². The summed E-state index contributed by atoms with van der Waals surface area (Å²) in [4.78, 5) is 12.4. The number of hydrogen-bond acceptors (Lipinski definition) is 2. The highest BCUT2D eigenvalue weighted by atomic mass is 16.5. The molecule has 2 aromatic carbocycles. The number of hydrogen-bond donors (Lipinski definition) is 1. The van der Waals surface area contributed by atoms with Crippen LogP contribution in [0, 0.1) is 13.8 Å². The highest BCUT2D eigenvalue weighted by Gasteiger charge is 2.14. The maximum absolute atomic E-state index is 12.4. The van der Waals surface area contributed by atoms with Crippen molar-refractivity contribution in [2.75, 3.05) is 7.11 Å². The maximum atomic E-state index is 12.4. The van der Waals surface area contributed by atoms with E-state index in [1.54, 1.807) is 7.11 Å². The van der Waals surface area contributed by atoms with E-state index in [0.717, 1.165) is 28.9 Å². The van der Waals surface area contributed by atoms with Gasteiger partial charge < -0.3 is 10.1 Å². The predicted molar refractivity (Wildman–Crippen MR) is 93.8 cm³/mol. The van der Waals surface area contributed by atoms with E-state index in [1.807, 2.05) is 38.1 Å². The van der Waals surface area contributed by atoms with Gasteiger partial charge in [0.25, 0.3) is 0 Å². The molecule has 1 amide bonds. The van der Waals surface area contributed by atoms with Gasteiger partial charge in [0.2, 0.25) is 5.91 Å². The van der Waals surface area contributed by atoms with Crippen LogP contribution in [0.15, 0.2) is 42.5 Å². The summed E-state index contributed by atoms with van der Waals surface area (Å²) < 4.78 is 5.18. The molecule has 0 saturated heterocycles. The molecule has 0 aromatic heterocycles. The van der Waals surface area contributed by atoms with E-state index < -0.39 is 0 Å². The Hall–Kier alpha value is -2.29. The van der Waals surface area contributed by atoms with Crippen LogP contribution in [-0.4, -0.2) is 13.0 Å². The lowest BCUT2D eigenvalue weighted by atomic mass is 10.0. The molecule has 122 valence electrons. The molecule has 0 spiro atoms. The zero-order valence-corrected chi connectivity index (χ0v) is 14.3. The van der Waals surface area contributed by atoms with Crippen LogP contribution >= 0.6 is 0 Å². The van der Waals surface area contributed by atoms with Crippen LogP contribution in [0.5, 0.6) is 5.75 Å². The molecular formula is C20H25NO2. The third-order valence-corrected chi connectivity index (χ3v) is 4.12. The van der Waals surface area contributed by atoms with Gasteiger partial charge in [0.15, 0.2) is 0 Å². The lowest BCUT2D eigenvalue weighted by molar-refractivity contribution is -0.121. The van der Waals surface area contributed by atoms with Crippen LogP contribution in [0.3, 0.4) is 0 Å². The van der Waals surface area contributed by atoms with Gasteiger partial charge in [-0.2, -0.15) is 0 Å². The minimum atomic E-state index is 0.0264. The molecule has 1 N–H and O–H groups in total. The highest BCUT2D eigenvalue weighted by molar-refractivity contribution is 5.79. The van der Waals surface area contributed by atoms with Gasteiger partial charge in [-0.05, 0) is 49.1 Å². The Balaban J connectivity index is 2.05. The molecule has 0 unspecified atom stereocenters. The number of carbonyl (C=O) groups is 1. The molecule has 0 heterocycles. The van der Waals surface area contributed by atoms with Crippen molar-refractivity contribution in [3.05, 3.63) is 64.7 Å². The number of methoxy groups -OCH3 is 1. The summed E-state index contributed by atoms with van der Waals surface area (Å²) in [6.45, 7) is 6.17. The molecule has 2 aromatic rings. The summed E-state index contributed by atoms with van der Waals surface area (Å²) in [5.41, 5.74) is 4.53. The topological polar surface area (TPSA) is 38.3 Å². The lowest BCUT2D eigenvalue weighted by Gasteiger charge is -2.18. The first-order valence-electron chi connectivity index (χ1n) is 8.03. The Morgan fingerprint density at radius 1 is 1.13 bits per heavy atom. The third-order valence-electron chi connectivity index (χ3n) is 4.12. The van der Waals surface area contributed by atoms with Crippen LogP contribution in [-0.2, 0) is 11.2 Å². The van der Waals surface area contributed by atoms with E-state index in [0.29, 0.717) is 6.42 Å². The molecule has 23 heavy (non-hydrogen) atoms. The highest BCUT2D eigenvalue weighted by Crippen LogP contribution is 2.20. The summed E-state index contributed by atoms with van der Waals surface area (Å²) in [5, 5.41) is 3.14. The average Bonchev–Trinajstić information content (AvgIpc) is 2.56. The second kappa shape index (κ2) is 7.82. The van der Waals surface area contributed by atoms with Gasteiger partial charge in [-0.15, -0.1) is 0 Å². The Kier molecular flexibility index (Phi) is 5.80. The van der Waals surface area contributed by atoms with Gasteiger partial charge >= 0.3 is 0 Å². The number of ether oxygens (including phenoxy) is 1. The summed E-state index contributed by atoms with van der Waals surface area (Å²) in [7, 11) is 1.65. The zero-order valence-electron chi connectivity index (χ0n) is 14.3. The molecule has 3 heteroatoms. The zero-order chi connectivity index (χ0) is 16.8. The average molecular weight is 311 g/mol. The summed E-state index contributed by atoms with van der Waals surface area (Å²) in [5.74, 6) is 0.881. The molecule has 0 aliphatic heterocycles. The second-order valence-electron chi connectivity index (χ2n) is 5.91. The van der Waals surface area contributed by atoms with E-state index in [1.165, 1.54) is 5.56 Å². The fraction of sp³-hybridized carbons (Fsp3) is 0.350. The number of benzene rings is 2. The summed E-state index contributed by atoms with van der Waals surface area (Å²) in [6, 6.07) is 14.1. The van der Waals surface area contributed by atoms with Crippen molar-refractivity contribution < 1.29 is 9.53 Å². The first kappa shape index (κ1) is 17.1. The first-order valence-corrected chi connectivity index (χ1v) is 8.03. The minimum Gasteiger partial charge on any atom is -0.497 e. The number of rotatable bonds is 6. The monoisotopic (exact) mass is 311 g/mol. The van der Waals surface area contributed by atoms with Crippen molar-refractivity contribution in [1.29, 1.82) is 0 Å². The van der Waals surface area contributed by atoms with Crippen molar-refractivity contribution in [3.63, 3.8) is 0 Å². The summed E-state index contributed by atoms with van der Waals surface area (Å²) >= 11 is 0. The number of carbonyl (C=O) groups excluding carboxylic acids is 1. The molecule has 0 saturated carbocycles. The van der Waals surface area contributed by atoms with Gasteiger partial charge in [-0.1, -0.05) is 42.8 Å². The van der Waals surface area contributed by atoms with Crippen molar-refractivity contribution >= 4 is 5.91 Å². The Morgan fingerprint density at radius 3 is 2.43 bits per heavy atom. The largest absolute Gasteiger partial charge is 0.497 e. The molecule has 3 nitrogen and oxygen atoms in total. The van der Waals surface area contributed by atoms with Gasteiger partial charge in [0, 0.05) is 0 Å².